The summed E-state index contributed by atoms with van der Waals surface area (Å²) in [5, 5.41) is 1.19. The van der Waals surface area contributed by atoms with Crippen molar-refractivity contribution in [2.45, 2.75) is 13.3 Å². The molecule has 0 radical (unpaired) electrons. The minimum atomic E-state index is -0.427. The third-order valence-electron chi connectivity index (χ3n) is 4.25. The molecule has 3 aromatic rings. The van der Waals surface area contributed by atoms with Crippen molar-refractivity contribution in [3.8, 4) is 11.5 Å². The van der Waals surface area contributed by atoms with Crippen LogP contribution in [0.25, 0.3) is 0 Å². The first-order chi connectivity index (χ1) is 13.6. The monoisotopic (exact) mass is 392 g/mol. The number of ether oxygens (including phenoxy) is 2. The molecule has 142 valence electrons. The van der Waals surface area contributed by atoms with Crippen LogP contribution in [0.15, 0.2) is 72.8 Å². The SMILES string of the molecule is CCc1ccc(C(=O)Oc2ccc(OC(=O)c3ccc(PC)cc3)cc2)cc1. The van der Waals surface area contributed by atoms with Crippen LogP contribution >= 0.6 is 8.58 Å². The van der Waals surface area contributed by atoms with Crippen molar-refractivity contribution in [1.29, 1.82) is 0 Å². The molecule has 0 saturated heterocycles. The highest BCUT2D eigenvalue weighted by atomic mass is 31.1. The molecule has 3 rings (SSSR count). The van der Waals surface area contributed by atoms with Crippen LogP contribution in [0.3, 0.4) is 0 Å². The fraction of sp³-hybridized carbons (Fsp3) is 0.130. The Bertz CT molecular complexity index is 865. The molecular formula is C23H21O4P. The molecule has 1 unspecified atom stereocenters. The lowest BCUT2D eigenvalue weighted by Gasteiger charge is -2.07. The third-order valence-corrected chi connectivity index (χ3v) is 5.16. The van der Waals surface area contributed by atoms with Gasteiger partial charge in [-0.25, -0.2) is 9.59 Å². The Balaban J connectivity index is 1.60. The van der Waals surface area contributed by atoms with Crippen molar-refractivity contribution in [3.63, 3.8) is 0 Å². The smallest absolute Gasteiger partial charge is 0.343 e. The average molecular weight is 392 g/mol. The molecule has 0 N–H and O–H groups in total. The molecule has 0 fully saturated rings. The second-order valence-corrected chi connectivity index (χ2v) is 7.21. The molecule has 4 nitrogen and oxygen atoms in total. The topological polar surface area (TPSA) is 52.6 Å². The van der Waals surface area contributed by atoms with Crippen LogP contribution in [0.2, 0.25) is 0 Å². The van der Waals surface area contributed by atoms with E-state index in [9.17, 15) is 9.59 Å². The molecule has 3 aromatic carbocycles. The summed E-state index contributed by atoms with van der Waals surface area (Å²) in [6.07, 6.45) is 0.915. The first-order valence-corrected chi connectivity index (χ1v) is 10.5. The number of hydrogen-bond acceptors (Lipinski definition) is 4. The summed E-state index contributed by atoms with van der Waals surface area (Å²) in [6, 6.07) is 21.1. The maximum atomic E-state index is 12.2. The Labute approximate surface area is 166 Å². The van der Waals surface area contributed by atoms with Gasteiger partial charge in [0.1, 0.15) is 11.5 Å². The lowest BCUT2D eigenvalue weighted by atomic mass is 10.1. The van der Waals surface area contributed by atoms with E-state index in [0.717, 1.165) is 12.0 Å². The van der Waals surface area contributed by atoms with Crippen LogP contribution in [0, 0.1) is 0 Å². The van der Waals surface area contributed by atoms with Crippen LogP contribution in [-0.4, -0.2) is 18.6 Å². The molecular weight excluding hydrogens is 371 g/mol. The zero-order valence-electron chi connectivity index (χ0n) is 15.8. The summed E-state index contributed by atoms with van der Waals surface area (Å²) in [4.78, 5) is 24.4. The second-order valence-electron chi connectivity index (χ2n) is 6.13. The molecule has 0 aliphatic carbocycles. The number of carbonyl (C=O) groups is 2. The molecule has 0 aromatic heterocycles. The van der Waals surface area contributed by atoms with Crippen molar-refractivity contribution < 1.29 is 19.1 Å². The van der Waals surface area contributed by atoms with Gasteiger partial charge in [0.2, 0.25) is 0 Å². The zero-order chi connectivity index (χ0) is 19.9. The molecule has 0 aliphatic heterocycles. The number of benzene rings is 3. The van der Waals surface area contributed by atoms with Gasteiger partial charge >= 0.3 is 11.9 Å². The maximum absolute atomic E-state index is 12.2. The molecule has 5 heteroatoms. The van der Waals surface area contributed by atoms with Crippen molar-refractivity contribution in [2.75, 3.05) is 6.66 Å². The van der Waals surface area contributed by atoms with Crippen LogP contribution < -0.4 is 14.8 Å². The van der Waals surface area contributed by atoms with Gasteiger partial charge in [0, 0.05) is 0 Å². The van der Waals surface area contributed by atoms with Crippen molar-refractivity contribution in [1.82, 2.24) is 0 Å². The van der Waals surface area contributed by atoms with Gasteiger partial charge in [-0.3, -0.25) is 0 Å². The van der Waals surface area contributed by atoms with Gasteiger partial charge in [0.15, 0.2) is 0 Å². The summed E-state index contributed by atoms with van der Waals surface area (Å²) in [7, 11) is 0.685. The van der Waals surface area contributed by atoms with Crippen LogP contribution in [0.4, 0.5) is 0 Å². The third kappa shape index (κ3) is 5.05. The van der Waals surface area contributed by atoms with Gasteiger partial charge < -0.3 is 9.47 Å². The lowest BCUT2D eigenvalue weighted by Crippen LogP contribution is -2.10. The van der Waals surface area contributed by atoms with Crippen molar-refractivity contribution in [3.05, 3.63) is 89.5 Å². The quantitative estimate of drug-likeness (QED) is 0.349. The molecule has 0 bridgehead atoms. The van der Waals surface area contributed by atoms with E-state index in [1.807, 2.05) is 24.3 Å². The summed E-state index contributed by atoms with van der Waals surface area (Å²) < 4.78 is 10.7. The molecule has 0 heterocycles. The van der Waals surface area contributed by atoms with Gasteiger partial charge in [-0.2, -0.15) is 0 Å². The van der Waals surface area contributed by atoms with Crippen molar-refractivity contribution >= 4 is 25.8 Å². The Hall–Kier alpha value is -2.97. The Kier molecular flexibility index (Phi) is 6.57. The highest BCUT2D eigenvalue weighted by molar-refractivity contribution is 7.46. The van der Waals surface area contributed by atoms with Crippen LogP contribution in [0.1, 0.15) is 33.2 Å². The van der Waals surface area contributed by atoms with Crippen LogP contribution in [0.5, 0.6) is 11.5 Å². The summed E-state index contributed by atoms with van der Waals surface area (Å²) >= 11 is 0. The average Bonchev–Trinajstić information content (AvgIpc) is 2.75. The molecule has 1 atom stereocenters. The summed E-state index contributed by atoms with van der Waals surface area (Å²) in [6.45, 7) is 4.14. The van der Waals surface area contributed by atoms with Gasteiger partial charge in [0.25, 0.3) is 0 Å². The fourth-order valence-electron chi connectivity index (χ4n) is 2.56. The van der Waals surface area contributed by atoms with Gasteiger partial charge in [-0.1, -0.05) is 39.8 Å². The normalized spacial score (nSPS) is 10.8. The maximum Gasteiger partial charge on any atom is 0.343 e. The number of rotatable bonds is 6. The van der Waals surface area contributed by atoms with Gasteiger partial charge in [-0.05, 0) is 72.5 Å². The predicted molar refractivity (Wildman–Crippen MR) is 112 cm³/mol. The summed E-state index contributed by atoms with van der Waals surface area (Å²) in [5.74, 6) is -0.0768. The van der Waals surface area contributed by atoms with E-state index in [0.29, 0.717) is 31.2 Å². The largest absolute Gasteiger partial charge is 0.423 e. The molecule has 28 heavy (non-hydrogen) atoms. The zero-order valence-corrected chi connectivity index (χ0v) is 16.8. The lowest BCUT2D eigenvalue weighted by molar-refractivity contribution is 0.0719. The molecule has 0 saturated carbocycles. The van der Waals surface area contributed by atoms with E-state index in [4.69, 9.17) is 9.47 Å². The van der Waals surface area contributed by atoms with Gasteiger partial charge in [0.05, 0.1) is 11.1 Å². The highest BCUT2D eigenvalue weighted by Gasteiger charge is 2.11. The Morgan fingerprint density at radius 2 is 1.14 bits per heavy atom. The van der Waals surface area contributed by atoms with E-state index in [1.165, 1.54) is 5.30 Å². The van der Waals surface area contributed by atoms with E-state index in [-0.39, 0.29) is 0 Å². The van der Waals surface area contributed by atoms with Gasteiger partial charge in [-0.15, -0.1) is 0 Å². The number of aryl methyl sites for hydroxylation is 1. The predicted octanol–water partition coefficient (Wildman–Crippen LogP) is 4.62. The van der Waals surface area contributed by atoms with E-state index in [1.54, 1.807) is 48.5 Å². The van der Waals surface area contributed by atoms with Crippen molar-refractivity contribution in [2.24, 2.45) is 0 Å². The van der Waals surface area contributed by atoms with Crippen LogP contribution in [-0.2, 0) is 6.42 Å². The van der Waals surface area contributed by atoms with E-state index in [2.05, 4.69) is 13.6 Å². The number of esters is 2. The first-order valence-electron chi connectivity index (χ1n) is 9.00. The molecule has 0 spiro atoms. The van der Waals surface area contributed by atoms with E-state index < -0.39 is 11.9 Å². The summed E-state index contributed by atoms with van der Waals surface area (Å²) in [5.41, 5.74) is 2.14. The minimum absolute atomic E-state index is 0.387. The molecule has 0 amide bonds. The molecule has 0 aliphatic rings. The minimum Gasteiger partial charge on any atom is -0.423 e. The Morgan fingerprint density at radius 1 is 0.714 bits per heavy atom. The Morgan fingerprint density at radius 3 is 1.54 bits per heavy atom. The highest BCUT2D eigenvalue weighted by Crippen LogP contribution is 2.20. The number of carbonyl (C=O) groups excluding carboxylic acids is 2. The second kappa shape index (κ2) is 9.29. The van der Waals surface area contributed by atoms with E-state index >= 15 is 0 Å². The first kappa shape index (κ1) is 19.8. The number of hydrogen-bond donors (Lipinski definition) is 0. The fourth-order valence-corrected chi connectivity index (χ4v) is 3.06. The standard InChI is InChI=1S/C23H21O4P/c1-3-16-4-6-17(7-5-16)22(24)26-19-10-12-20(13-11-19)27-23(25)18-8-14-21(28-2)15-9-18/h4-15,28H,3H2,1-2H3.